The molecule has 0 radical (unpaired) electrons. The third-order valence-electron chi connectivity index (χ3n) is 2.14. The van der Waals surface area contributed by atoms with Gasteiger partial charge < -0.3 is 5.32 Å². The zero-order chi connectivity index (χ0) is 10.7. The van der Waals surface area contributed by atoms with Crippen molar-refractivity contribution in [2.24, 2.45) is 0 Å². The minimum atomic E-state index is -0.338. The molecule has 15 heavy (non-hydrogen) atoms. The fourth-order valence-corrected chi connectivity index (χ4v) is 1.54. The first-order valence-electron chi connectivity index (χ1n) is 4.50. The molecule has 2 aromatic rings. The molecule has 2 rings (SSSR count). The van der Waals surface area contributed by atoms with Crippen LogP contribution in [0.1, 0.15) is 0 Å². The third kappa shape index (κ3) is 2.05. The van der Waals surface area contributed by atoms with Crippen LogP contribution in [0.15, 0.2) is 42.5 Å². The maximum atomic E-state index is 11.1. The van der Waals surface area contributed by atoms with Gasteiger partial charge >= 0.3 is 6.03 Å². The maximum Gasteiger partial charge on any atom is 0.329 e. The maximum absolute atomic E-state index is 11.1. The summed E-state index contributed by atoms with van der Waals surface area (Å²) in [7, 11) is 0. The van der Waals surface area contributed by atoms with E-state index in [1.807, 2.05) is 42.5 Å². The van der Waals surface area contributed by atoms with Crippen LogP contribution in [0.3, 0.4) is 0 Å². The van der Waals surface area contributed by atoms with Crippen molar-refractivity contribution in [3.63, 3.8) is 0 Å². The molecule has 0 spiro atoms. The summed E-state index contributed by atoms with van der Waals surface area (Å²) in [5.74, 6) is 0. The largest absolute Gasteiger partial charge is 0.329 e. The fraction of sp³-hybridized carbons (Fsp3) is 0. The van der Waals surface area contributed by atoms with Gasteiger partial charge in [-0.2, -0.15) is 0 Å². The zero-order valence-corrected chi connectivity index (χ0v) is 8.79. The van der Waals surface area contributed by atoms with Gasteiger partial charge in [-0.3, -0.25) is 4.72 Å². The number of benzene rings is 2. The van der Waals surface area contributed by atoms with Crippen molar-refractivity contribution < 1.29 is 4.79 Å². The number of fused-ring (bicyclic) bond motifs is 1. The molecule has 76 valence electrons. The van der Waals surface area contributed by atoms with E-state index in [1.54, 1.807) is 0 Å². The number of urea groups is 1. The predicted octanol–water partition coefficient (Wildman–Crippen LogP) is 2.81. The topological polar surface area (TPSA) is 41.1 Å². The number of rotatable bonds is 1. The van der Waals surface area contributed by atoms with E-state index in [2.05, 4.69) is 22.9 Å². The summed E-state index contributed by atoms with van der Waals surface area (Å²) in [6, 6.07) is 13.3. The number of hydrogen-bond donors (Lipinski definition) is 3. The third-order valence-corrected chi connectivity index (χ3v) is 2.34. The van der Waals surface area contributed by atoms with Crippen molar-refractivity contribution in [3.8, 4) is 0 Å². The summed E-state index contributed by atoms with van der Waals surface area (Å²) in [6.07, 6.45) is 0. The molecule has 0 bridgehead atoms. The second kappa shape index (κ2) is 4.23. The first-order chi connectivity index (χ1) is 7.31. The lowest BCUT2D eigenvalue weighted by atomic mass is 10.1. The van der Waals surface area contributed by atoms with Crippen molar-refractivity contribution >= 4 is 35.3 Å². The Morgan fingerprint density at radius 1 is 1.07 bits per heavy atom. The highest BCUT2D eigenvalue weighted by atomic mass is 32.1. The van der Waals surface area contributed by atoms with Crippen LogP contribution in [0, 0.1) is 0 Å². The zero-order valence-electron chi connectivity index (χ0n) is 7.90. The average Bonchev–Trinajstić information content (AvgIpc) is 2.29. The van der Waals surface area contributed by atoms with E-state index in [0.717, 1.165) is 16.5 Å². The van der Waals surface area contributed by atoms with Crippen molar-refractivity contribution in [2.75, 3.05) is 5.32 Å². The number of thiol groups is 1. The minimum Gasteiger partial charge on any atom is -0.307 e. The standard InChI is InChI=1S/C11H10N2OS/c14-11(13-15)12-10-7-3-5-8-4-1-2-6-9(8)10/h1-7,15H,(H2,12,13,14). The lowest BCUT2D eigenvalue weighted by Gasteiger charge is -2.07. The fourth-order valence-electron chi connectivity index (χ4n) is 1.48. The van der Waals surface area contributed by atoms with Gasteiger partial charge in [0.1, 0.15) is 0 Å². The highest BCUT2D eigenvalue weighted by Crippen LogP contribution is 2.22. The van der Waals surface area contributed by atoms with Gasteiger partial charge in [0.05, 0.1) is 5.69 Å². The monoisotopic (exact) mass is 218 g/mol. The van der Waals surface area contributed by atoms with Gasteiger partial charge in [-0.1, -0.05) is 49.2 Å². The predicted molar refractivity (Wildman–Crippen MR) is 65.1 cm³/mol. The SMILES string of the molecule is O=C(NS)Nc1cccc2ccccc12. The average molecular weight is 218 g/mol. The Morgan fingerprint density at radius 2 is 1.80 bits per heavy atom. The second-order valence-electron chi connectivity index (χ2n) is 3.09. The van der Waals surface area contributed by atoms with E-state index in [0.29, 0.717) is 0 Å². The van der Waals surface area contributed by atoms with Gasteiger partial charge in [0, 0.05) is 5.39 Å². The van der Waals surface area contributed by atoms with Gasteiger partial charge in [-0.25, -0.2) is 4.79 Å². The molecule has 0 aliphatic rings. The molecule has 0 heterocycles. The number of carbonyl (C=O) groups is 1. The highest BCUT2D eigenvalue weighted by molar-refractivity contribution is 7.78. The normalized spacial score (nSPS) is 9.93. The van der Waals surface area contributed by atoms with Crippen LogP contribution in [-0.2, 0) is 0 Å². The van der Waals surface area contributed by atoms with E-state index >= 15 is 0 Å². The number of nitrogens with one attached hydrogen (secondary N) is 2. The van der Waals surface area contributed by atoms with E-state index in [-0.39, 0.29) is 6.03 Å². The van der Waals surface area contributed by atoms with Crippen molar-refractivity contribution in [3.05, 3.63) is 42.5 Å². The Labute approximate surface area is 93.0 Å². The molecule has 0 saturated carbocycles. The molecule has 4 heteroatoms. The smallest absolute Gasteiger partial charge is 0.307 e. The number of carbonyl (C=O) groups excluding carboxylic acids is 1. The van der Waals surface area contributed by atoms with Gasteiger partial charge in [0.2, 0.25) is 0 Å². The Balaban J connectivity index is 2.46. The second-order valence-corrected chi connectivity index (χ2v) is 3.32. The summed E-state index contributed by atoms with van der Waals surface area (Å²) < 4.78 is 2.22. The number of amides is 2. The number of hydrogen-bond acceptors (Lipinski definition) is 2. The Hall–Kier alpha value is -1.68. The van der Waals surface area contributed by atoms with E-state index in [9.17, 15) is 4.79 Å². The quantitative estimate of drug-likeness (QED) is 0.633. The molecule has 0 aliphatic carbocycles. The minimum absolute atomic E-state index is 0.338. The molecular formula is C11H10N2OS. The summed E-state index contributed by atoms with van der Waals surface area (Å²) in [5, 5.41) is 4.81. The molecule has 3 nitrogen and oxygen atoms in total. The van der Waals surface area contributed by atoms with Crippen LogP contribution < -0.4 is 10.0 Å². The van der Waals surface area contributed by atoms with Gasteiger partial charge in [0.25, 0.3) is 0 Å². The first kappa shape index (κ1) is 9.86. The lowest BCUT2D eigenvalue weighted by Crippen LogP contribution is -2.20. The van der Waals surface area contributed by atoms with Crippen LogP contribution in [0.25, 0.3) is 10.8 Å². The Morgan fingerprint density at radius 3 is 2.60 bits per heavy atom. The van der Waals surface area contributed by atoms with Crippen LogP contribution in [0.2, 0.25) is 0 Å². The lowest BCUT2D eigenvalue weighted by molar-refractivity contribution is 0.257. The van der Waals surface area contributed by atoms with Gasteiger partial charge in [-0.05, 0) is 11.5 Å². The number of anilines is 1. The molecular weight excluding hydrogens is 208 g/mol. The molecule has 2 N–H and O–H groups in total. The van der Waals surface area contributed by atoms with Crippen molar-refractivity contribution in [2.45, 2.75) is 0 Å². The molecule has 0 aromatic heterocycles. The van der Waals surface area contributed by atoms with Gasteiger partial charge in [-0.15, -0.1) is 0 Å². The molecule has 0 unspecified atom stereocenters. The van der Waals surface area contributed by atoms with Crippen molar-refractivity contribution in [1.82, 2.24) is 4.72 Å². The van der Waals surface area contributed by atoms with Gasteiger partial charge in [0.15, 0.2) is 0 Å². The van der Waals surface area contributed by atoms with E-state index in [4.69, 9.17) is 0 Å². The van der Waals surface area contributed by atoms with Crippen LogP contribution in [0.5, 0.6) is 0 Å². The van der Waals surface area contributed by atoms with Crippen LogP contribution in [0.4, 0.5) is 10.5 Å². The molecule has 0 fully saturated rings. The van der Waals surface area contributed by atoms with E-state index < -0.39 is 0 Å². The van der Waals surface area contributed by atoms with Crippen LogP contribution >= 0.6 is 12.8 Å². The van der Waals surface area contributed by atoms with Crippen LogP contribution in [-0.4, -0.2) is 6.03 Å². The van der Waals surface area contributed by atoms with Crippen molar-refractivity contribution in [1.29, 1.82) is 0 Å². The summed E-state index contributed by atoms with van der Waals surface area (Å²) in [5.41, 5.74) is 0.777. The first-order valence-corrected chi connectivity index (χ1v) is 4.95. The van der Waals surface area contributed by atoms with E-state index in [1.165, 1.54) is 0 Å². The molecule has 0 atom stereocenters. The molecule has 2 aromatic carbocycles. The highest BCUT2D eigenvalue weighted by Gasteiger charge is 2.02. The Bertz CT molecular complexity index is 493. The molecule has 0 saturated heterocycles. The Kier molecular flexibility index (Phi) is 2.78. The summed E-state index contributed by atoms with van der Waals surface area (Å²) >= 11 is 3.68. The summed E-state index contributed by atoms with van der Waals surface area (Å²) in [6.45, 7) is 0. The summed E-state index contributed by atoms with van der Waals surface area (Å²) in [4.78, 5) is 11.1. The molecule has 2 amide bonds. The molecule has 0 aliphatic heterocycles.